The third-order valence-electron chi connectivity index (χ3n) is 3.71. The fourth-order valence-corrected chi connectivity index (χ4v) is 3.86. The van der Waals surface area contributed by atoms with Crippen LogP contribution in [0.3, 0.4) is 0 Å². The molecular formula is C18H13N3O3S. The molecule has 2 aromatic carbocycles. The van der Waals surface area contributed by atoms with Gasteiger partial charge in [-0.2, -0.15) is 15.0 Å². The number of nitrogens with zero attached hydrogens (tertiary/aromatic N) is 3. The largest absolute Gasteiger partial charge is 0.289 e. The van der Waals surface area contributed by atoms with Crippen molar-refractivity contribution in [3.8, 4) is 11.8 Å². The molecule has 0 N–H and O–H groups in total. The van der Waals surface area contributed by atoms with Crippen molar-refractivity contribution in [2.45, 2.75) is 16.8 Å². The van der Waals surface area contributed by atoms with E-state index in [0.29, 0.717) is 5.69 Å². The molecule has 3 rings (SSSR count). The van der Waals surface area contributed by atoms with Gasteiger partial charge < -0.3 is 0 Å². The van der Waals surface area contributed by atoms with Crippen LogP contribution in [0.2, 0.25) is 0 Å². The van der Waals surface area contributed by atoms with Gasteiger partial charge in [-0.05, 0) is 31.2 Å². The summed E-state index contributed by atoms with van der Waals surface area (Å²) in [7, 11) is -3.97. The summed E-state index contributed by atoms with van der Waals surface area (Å²) in [6, 6.07) is 18.0. The van der Waals surface area contributed by atoms with Crippen LogP contribution in [-0.2, 0) is 9.84 Å². The third-order valence-corrected chi connectivity index (χ3v) is 5.50. The lowest BCUT2D eigenvalue weighted by Crippen LogP contribution is -2.28. The maximum Gasteiger partial charge on any atom is 0.289 e. The molecule has 0 unspecified atom stereocenters. The summed E-state index contributed by atoms with van der Waals surface area (Å²) in [5, 5.41) is 13.1. The summed E-state index contributed by atoms with van der Waals surface area (Å²) in [5.74, 6) is 0. The fraction of sp³-hybridized carbons (Fsp3) is 0.0556. The van der Waals surface area contributed by atoms with Crippen molar-refractivity contribution in [2.24, 2.45) is 0 Å². The summed E-state index contributed by atoms with van der Waals surface area (Å²) in [4.78, 5) is 12.6. The lowest BCUT2D eigenvalue weighted by atomic mass is 10.2. The summed E-state index contributed by atoms with van der Waals surface area (Å²) >= 11 is 0. The zero-order valence-corrected chi connectivity index (χ0v) is 14.1. The molecule has 0 atom stereocenters. The van der Waals surface area contributed by atoms with Crippen molar-refractivity contribution in [3.63, 3.8) is 0 Å². The highest BCUT2D eigenvalue weighted by Gasteiger charge is 2.26. The molecule has 0 saturated carbocycles. The molecule has 0 aliphatic heterocycles. The van der Waals surface area contributed by atoms with Gasteiger partial charge in [0.25, 0.3) is 5.56 Å². The number of hydrogen-bond donors (Lipinski definition) is 0. The molecule has 124 valence electrons. The maximum atomic E-state index is 12.9. The van der Waals surface area contributed by atoms with E-state index in [1.54, 1.807) is 54.6 Å². The molecule has 1 aromatic heterocycles. The van der Waals surface area contributed by atoms with Crippen LogP contribution in [0, 0.1) is 18.3 Å². The fourth-order valence-electron chi connectivity index (χ4n) is 2.43. The molecule has 0 bridgehead atoms. The quantitative estimate of drug-likeness (QED) is 0.721. The molecule has 0 radical (unpaired) electrons. The van der Waals surface area contributed by atoms with Gasteiger partial charge in [0.1, 0.15) is 11.6 Å². The van der Waals surface area contributed by atoms with Crippen molar-refractivity contribution in [1.82, 2.24) is 9.78 Å². The number of para-hydroxylation sites is 1. The van der Waals surface area contributed by atoms with E-state index in [9.17, 15) is 18.5 Å². The van der Waals surface area contributed by atoms with Gasteiger partial charge in [-0.15, -0.1) is 0 Å². The molecule has 0 fully saturated rings. The summed E-state index contributed by atoms with van der Waals surface area (Å²) in [6.45, 7) is 1.41. The Hall–Kier alpha value is -3.24. The number of sulfone groups is 1. The highest BCUT2D eigenvalue weighted by molar-refractivity contribution is 7.91. The van der Waals surface area contributed by atoms with E-state index in [1.807, 2.05) is 0 Å². The van der Waals surface area contributed by atoms with Crippen LogP contribution >= 0.6 is 0 Å². The van der Waals surface area contributed by atoms with Crippen LogP contribution in [0.4, 0.5) is 0 Å². The zero-order chi connectivity index (χ0) is 18.0. The number of aromatic nitrogens is 2. The normalized spacial score (nSPS) is 11.0. The average Bonchev–Trinajstić information content (AvgIpc) is 2.63. The minimum absolute atomic E-state index is 0.0449. The topological polar surface area (TPSA) is 92.8 Å². The first-order valence-corrected chi connectivity index (χ1v) is 8.84. The van der Waals surface area contributed by atoms with E-state index in [2.05, 4.69) is 5.10 Å². The zero-order valence-electron chi connectivity index (χ0n) is 13.2. The maximum absolute atomic E-state index is 12.9. The molecule has 0 amide bonds. The second kappa shape index (κ2) is 6.34. The SMILES string of the molecule is Cc1c(S(=O)(=O)c2ccccc2)nn(-c2ccccc2)c(=O)c1C#N. The Kier molecular flexibility index (Phi) is 4.21. The Morgan fingerprint density at radius 2 is 1.56 bits per heavy atom. The van der Waals surface area contributed by atoms with Crippen molar-refractivity contribution in [1.29, 1.82) is 5.26 Å². The third kappa shape index (κ3) is 2.84. The van der Waals surface area contributed by atoms with E-state index in [-0.39, 0.29) is 21.0 Å². The van der Waals surface area contributed by atoms with Gasteiger partial charge >= 0.3 is 0 Å². The van der Waals surface area contributed by atoms with Crippen LogP contribution in [-0.4, -0.2) is 18.2 Å². The van der Waals surface area contributed by atoms with E-state index < -0.39 is 15.4 Å². The molecule has 3 aromatic rings. The van der Waals surface area contributed by atoms with Crippen LogP contribution in [0.15, 0.2) is 75.4 Å². The lowest BCUT2D eigenvalue weighted by Gasteiger charge is -2.12. The lowest BCUT2D eigenvalue weighted by molar-refractivity contribution is 0.583. The highest BCUT2D eigenvalue weighted by Crippen LogP contribution is 2.22. The smallest absolute Gasteiger partial charge is 0.266 e. The first-order valence-electron chi connectivity index (χ1n) is 7.36. The number of nitriles is 1. The Morgan fingerprint density at radius 1 is 1.00 bits per heavy atom. The van der Waals surface area contributed by atoms with Crippen molar-refractivity contribution >= 4 is 9.84 Å². The minimum Gasteiger partial charge on any atom is -0.266 e. The first-order chi connectivity index (χ1) is 12.0. The summed E-state index contributed by atoms with van der Waals surface area (Å²) in [5.41, 5.74) is -0.469. The van der Waals surface area contributed by atoms with E-state index in [0.717, 1.165) is 4.68 Å². The van der Waals surface area contributed by atoms with Crippen LogP contribution in [0.25, 0.3) is 5.69 Å². The number of benzene rings is 2. The van der Waals surface area contributed by atoms with Gasteiger partial charge in [-0.3, -0.25) is 4.79 Å². The predicted molar refractivity (Wildman–Crippen MR) is 91.2 cm³/mol. The Morgan fingerprint density at radius 3 is 2.12 bits per heavy atom. The van der Waals surface area contributed by atoms with Gasteiger partial charge in [-0.25, -0.2) is 8.42 Å². The number of hydrogen-bond acceptors (Lipinski definition) is 5. The molecule has 0 spiro atoms. The monoisotopic (exact) mass is 351 g/mol. The molecular weight excluding hydrogens is 338 g/mol. The Bertz CT molecular complexity index is 1130. The van der Waals surface area contributed by atoms with Gasteiger partial charge in [0.2, 0.25) is 9.84 Å². The minimum atomic E-state index is -3.97. The van der Waals surface area contributed by atoms with Crippen LogP contribution < -0.4 is 5.56 Å². The standard InChI is InChI=1S/C18H13N3O3S/c1-13-16(12-19)18(22)21(14-8-4-2-5-9-14)20-17(13)25(23,24)15-10-6-3-7-11-15/h2-11H,1H3. The molecule has 0 aliphatic rings. The highest BCUT2D eigenvalue weighted by atomic mass is 32.2. The molecule has 0 saturated heterocycles. The first kappa shape index (κ1) is 16.6. The second-order valence-corrected chi connectivity index (χ2v) is 7.15. The predicted octanol–water partition coefficient (Wildman–Crippen LogP) is 2.25. The Balaban J connectivity index is 2.36. The van der Waals surface area contributed by atoms with E-state index in [1.165, 1.54) is 19.1 Å². The van der Waals surface area contributed by atoms with Gasteiger partial charge in [0.15, 0.2) is 5.03 Å². The van der Waals surface area contributed by atoms with Crippen LogP contribution in [0.5, 0.6) is 0 Å². The summed E-state index contributed by atoms with van der Waals surface area (Å²) in [6.07, 6.45) is 0. The molecule has 7 heteroatoms. The molecule has 6 nitrogen and oxygen atoms in total. The van der Waals surface area contributed by atoms with Gasteiger partial charge in [0.05, 0.1) is 10.6 Å². The molecule has 0 aliphatic carbocycles. The van der Waals surface area contributed by atoms with E-state index >= 15 is 0 Å². The number of rotatable bonds is 3. The molecule has 1 heterocycles. The Labute approximate surface area is 144 Å². The molecule has 25 heavy (non-hydrogen) atoms. The van der Waals surface area contributed by atoms with Gasteiger partial charge in [-0.1, -0.05) is 36.4 Å². The summed E-state index contributed by atoms with van der Waals surface area (Å²) < 4.78 is 26.8. The van der Waals surface area contributed by atoms with Crippen LogP contribution in [0.1, 0.15) is 11.1 Å². The average molecular weight is 351 g/mol. The second-order valence-electron chi connectivity index (χ2n) is 5.29. The van der Waals surface area contributed by atoms with E-state index in [4.69, 9.17) is 0 Å². The van der Waals surface area contributed by atoms with Crippen molar-refractivity contribution < 1.29 is 8.42 Å². The van der Waals surface area contributed by atoms with Crippen molar-refractivity contribution in [3.05, 3.63) is 82.1 Å². The van der Waals surface area contributed by atoms with Crippen molar-refractivity contribution in [2.75, 3.05) is 0 Å². The van der Waals surface area contributed by atoms with Gasteiger partial charge in [0, 0.05) is 5.56 Å².